The van der Waals surface area contributed by atoms with Gasteiger partial charge in [-0.15, -0.1) is 0 Å². The van der Waals surface area contributed by atoms with Gasteiger partial charge in [-0.25, -0.2) is 0 Å². The first-order chi connectivity index (χ1) is 8.74. The Balaban J connectivity index is 2.07. The van der Waals surface area contributed by atoms with Gasteiger partial charge in [-0.2, -0.15) is 0 Å². The minimum Gasteiger partial charge on any atom is -0.371 e. The third kappa shape index (κ3) is 2.70. The molecule has 1 aliphatic rings. The van der Waals surface area contributed by atoms with Crippen molar-refractivity contribution >= 4 is 17.9 Å². The van der Waals surface area contributed by atoms with Gasteiger partial charge in [0.1, 0.15) is 6.29 Å². The molecule has 1 unspecified atom stereocenters. The van der Waals surface area contributed by atoms with Gasteiger partial charge in [0.25, 0.3) is 0 Å². The number of carbonyl (C=O) groups excluding carboxylic acids is 2. The lowest BCUT2D eigenvalue weighted by molar-refractivity contribution is -0.124. The van der Waals surface area contributed by atoms with E-state index in [1.54, 1.807) is 7.05 Å². The van der Waals surface area contributed by atoms with Crippen LogP contribution in [0.4, 0.5) is 5.69 Å². The smallest absolute Gasteiger partial charge is 0.224 e. The third-order valence-corrected chi connectivity index (χ3v) is 3.43. The lowest BCUT2D eigenvalue weighted by Gasteiger charge is -2.33. The Bertz CT molecular complexity index is 428. The van der Waals surface area contributed by atoms with E-state index in [0.717, 1.165) is 37.9 Å². The van der Waals surface area contributed by atoms with Gasteiger partial charge >= 0.3 is 0 Å². The molecule has 2 rings (SSSR count). The van der Waals surface area contributed by atoms with Crippen molar-refractivity contribution in [2.45, 2.75) is 12.8 Å². The van der Waals surface area contributed by atoms with E-state index in [9.17, 15) is 9.59 Å². The van der Waals surface area contributed by atoms with Crippen LogP contribution in [0.15, 0.2) is 24.3 Å². The van der Waals surface area contributed by atoms with Crippen LogP contribution in [0, 0.1) is 5.92 Å². The van der Waals surface area contributed by atoms with Crippen molar-refractivity contribution in [2.75, 3.05) is 25.0 Å². The Morgan fingerprint density at radius 3 is 2.72 bits per heavy atom. The number of nitrogens with one attached hydrogen (secondary N) is 1. The number of nitrogens with zero attached hydrogens (tertiary/aromatic N) is 1. The molecule has 0 aliphatic carbocycles. The number of benzene rings is 1. The van der Waals surface area contributed by atoms with E-state index in [0.29, 0.717) is 5.56 Å². The van der Waals surface area contributed by atoms with Crippen LogP contribution in [0.5, 0.6) is 0 Å². The quantitative estimate of drug-likeness (QED) is 0.821. The van der Waals surface area contributed by atoms with E-state index in [-0.39, 0.29) is 11.8 Å². The van der Waals surface area contributed by atoms with Crippen LogP contribution in [-0.4, -0.2) is 32.3 Å². The highest BCUT2D eigenvalue weighted by Gasteiger charge is 2.24. The predicted octanol–water partition coefficient (Wildman–Crippen LogP) is 1.46. The minimum atomic E-state index is 0.0643. The second kappa shape index (κ2) is 5.67. The number of anilines is 1. The second-order valence-electron chi connectivity index (χ2n) is 4.61. The van der Waals surface area contributed by atoms with Crippen molar-refractivity contribution in [3.63, 3.8) is 0 Å². The van der Waals surface area contributed by atoms with Crippen LogP contribution in [0.2, 0.25) is 0 Å². The number of carbonyl (C=O) groups is 2. The molecule has 1 aromatic rings. The fourth-order valence-electron chi connectivity index (χ4n) is 2.39. The largest absolute Gasteiger partial charge is 0.371 e. The molecule has 0 aromatic heterocycles. The summed E-state index contributed by atoms with van der Waals surface area (Å²) in [5.41, 5.74) is 1.76. The summed E-state index contributed by atoms with van der Waals surface area (Å²) in [7, 11) is 1.68. The van der Waals surface area contributed by atoms with Gasteiger partial charge in [0.15, 0.2) is 0 Å². The van der Waals surface area contributed by atoms with Gasteiger partial charge in [0, 0.05) is 31.4 Å². The molecular formula is C14H18N2O2. The number of rotatable bonds is 3. The predicted molar refractivity (Wildman–Crippen MR) is 70.8 cm³/mol. The zero-order valence-corrected chi connectivity index (χ0v) is 10.6. The van der Waals surface area contributed by atoms with Gasteiger partial charge in [0.2, 0.25) is 5.91 Å². The molecule has 1 amide bonds. The van der Waals surface area contributed by atoms with Crippen LogP contribution in [0.1, 0.15) is 23.2 Å². The second-order valence-corrected chi connectivity index (χ2v) is 4.61. The molecule has 0 bridgehead atoms. The monoisotopic (exact) mass is 246 g/mol. The molecule has 0 radical (unpaired) electrons. The summed E-state index contributed by atoms with van der Waals surface area (Å²) in [6.45, 7) is 1.72. The number of amides is 1. The Hall–Kier alpha value is -1.84. The summed E-state index contributed by atoms with van der Waals surface area (Å²) in [5, 5.41) is 2.71. The highest BCUT2D eigenvalue weighted by Crippen LogP contribution is 2.23. The Kier molecular flexibility index (Phi) is 3.97. The van der Waals surface area contributed by atoms with Gasteiger partial charge in [-0.3, -0.25) is 9.59 Å². The van der Waals surface area contributed by atoms with Crippen LogP contribution in [0.3, 0.4) is 0 Å². The Morgan fingerprint density at radius 1 is 1.39 bits per heavy atom. The highest BCUT2D eigenvalue weighted by atomic mass is 16.1. The van der Waals surface area contributed by atoms with Gasteiger partial charge in [0.05, 0.1) is 5.92 Å². The van der Waals surface area contributed by atoms with E-state index in [2.05, 4.69) is 10.2 Å². The maximum Gasteiger partial charge on any atom is 0.224 e. The summed E-state index contributed by atoms with van der Waals surface area (Å²) in [4.78, 5) is 24.5. The number of piperidine rings is 1. The van der Waals surface area contributed by atoms with Crippen molar-refractivity contribution in [1.29, 1.82) is 0 Å². The standard InChI is InChI=1S/C14H18N2O2/c1-15-14(18)12-3-2-8-16(9-12)13-6-4-11(10-17)5-7-13/h4-7,10,12H,2-3,8-9H2,1H3,(H,15,18). The average molecular weight is 246 g/mol. The zero-order chi connectivity index (χ0) is 13.0. The van der Waals surface area contributed by atoms with Crippen LogP contribution >= 0.6 is 0 Å². The van der Waals surface area contributed by atoms with Crippen molar-refractivity contribution < 1.29 is 9.59 Å². The van der Waals surface area contributed by atoms with Gasteiger partial charge in [-0.05, 0) is 37.1 Å². The van der Waals surface area contributed by atoms with Crippen molar-refractivity contribution in [3.8, 4) is 0 Å². The Morgan fingerprint density at radius 2 is 2.11 bits per heavy atom. The summed E-state index contributed by atoms with van der Waals surface area (Å²) in [6, 6.07) is 7.50. The SMILES string of the molecule is CNC(=O)C1CCCN(c2ccc(C=O)cc2)C1. The Labute approximate surface area is 107 Å². The number of aldehydes is 1. The first-order valence-electron chi connectivity index (χ1n) is 6.26. The molecule has 4 heteroatoms. The molecule has 1 atom stereocenters. The molecule has 1 N–H and O–H groups in total. The lowest BCUT2D eigenvalue weighted by atomic mass is 9.96. The molecule has 1 aromatic carbocycles. The summed E-state index contributed by atoms with van der Waals surface area (Å²) in [6.07, 6.45) is 2.81. The van der Waals surface area contributed by atoms with E-state index < -0.39 is 0 Å². The maximum absolute atomic E-state index is 11.7. The molecule has 1 heterocycles. The van der Waals surface area contributed by atoms with E-state index in [1.807, 2.05) is 24.3 Å². The summed E-state index contributed by atoms with van der Waals surface area (Å²) < 4.78 is 0. The first-order valence-corrected chi connectivity index (χ1v) is 6.26. The van der Waals surface area contributed by atoms with Crippen LogP contribution in [-0.2, 0) is 4.79 Å². The van der Waals surface area contributed by atoms with E-state index in [1.165, 1.54) is 0 Å². The normalized spacial score (nSPS) is 19.4. The fraction of sp³-hybridized carbons (Fsp3) is 0.429. The molecule has 1 aliphatic heterocycles. The third-order valence-electron chi connectivity index (χ3n) is 3.43. The molecule has 18 heavy (non-hydrogen) atoms. The molecule has 1 saturated heterocycles. The van der Waals surface area contributed by atoms with Crippen molar-refractivity contribution in [2.24, 2.45) is 5.92 Å². The molecule has 96 valence electrons. The summed E-state index contributed by atoms with van der Waals surface area (Å²) in [5.74, 6) is 0.179. The molecule has 1 fully saturated rings. The number of hydrogen-bond donors (Lipinski definition) is 1. The van der Waals surface area contributed by atoms with Gasteiger partial charge in [-0.1, -0.05) is 0 Å². The van der Waals surface area contributed by atoms with E-state index in [4.69, 9.17) is 0 Å². The van der Waals surface area contributed by atoms with Gasteiger partial charge < -0.3 is 10.2 Å². The maximum atomic E-state index is 11.7. The lowest BCUT2D eigenvalue weighted by Crippen LogP contribution is -2.42. The summed E-state index contributed by atoms with van der Waals surface area (Å²) >= 11 is 0. The average Bonchev–Trinajstić information content (AvgIpc) is 2.46. The van der Waals surface area contributed by atoms with Crippen molar-refractivity contribution in [3.05, 3.63) is 29.8 Å². The van der Waals surface area contributed by atoms with E-state index >= 15 is 0 Å². The first kappa shape index (κ1) is 12.6. The van der Waals surface area contributed by atoms with Crippen LogP contribution < -0.4 is 10.2 Å². The van der Waals surface area contributed by atoms with Crippen LogP contribution in [0.25, 0.3) is 0 Å². The number of hydrogen-bond acceptors (Lipinski definition) is 3. The fourth-order valence-corrected chi connectivity index (χ4v) is 2.39. The highest BCUT2D eigenvalue weighted by molar-refractivity contribution is 5.79. The zero-order valence-electron chi connectivity index (χ0n) is 10.6. The molecule has 0 spiro atoms. The molecule has 4 nitrogen and oxygen atoms in total. The molecule has 0 saturated carbocycles. The molecular weight excluding hydrogens is 228 g/mol. The minimum absolute atomic E-state index is 0.0643. The van der Waals surface area contributed by atoms with Crippen molar-refractivity contribution in [1.82, 2.24) is 5.32 Å². The topological polar surface area (TPSA) is 49.4 Å².